The molecule has 0 radical (unpaired) electrons. The largest absolute Gasteiger partial charge is 0.455 e. The number of likely N-dealkylation sites (tertiary alicyclic amines) is 1. The second kappa shape index (κ2) is 8.90. The highest BCUT2D eigenvalue weighted by Crippen LogP contribution is 2.22. The zero-order valence-corrected chi connectivity index (χ0v) is 17.0. The van der Waals surface area contributed by atoms with Crippen LogP contribution in [0.3, 0.4) is 0 Å². The normalized spacial score (nSPS) is 16.0. The molecule has 0 saturated carbocycles. The molecule has 1 atom stereocenters. The van der Waals surface area contributed by atoms with E-state index < -0.39 is 17.8 Å². The van der Waals surface area contributed by atoms with Crippen LogP contribution in [0.15, 0.2) is 42.5 Å². The quantitative estimate of drug-likeness (QED) is 0.764. The predicted octanol–water partition coefficient (Wildman–Crippen LogP) is 3.14. The minimum absolute atomic E-state index is 0.0767. The number of amides is 2. The van der Waals surface area contributed by atoms with Crippen molar-refractivity contribution in [2.45, 2.75) is 33.7 Å². The summed E-state index contributed by atoms with van der Waals surface area (Å²) in [6.07, 6.45) is 0.114. The Morgan fingerprint density at radius 1 is 1.03 bits per heavy atom. The van der Waals surface area contributed by atoms with Crippen molar-refractivity contribution in [3.63, 3.8) is 0 Å². The maximum absolute atomic E-state index is 12.3. The van der Waals surface area contributed by atoms with Gasteiger partial charge in [-0.2, -0.15) is 0 Å². The van der Waals surface area contributed by atoms with Crippen molar-refractivity contribution in [1.82, 2.24) is 4.90 Å². The number of ether oxygens (including phenoxy) is 1. The topological polar surface area (TPSA) is 75.7 Å². The van der Waals surface area contributed by atoms with Gasteiger partial charge in [0.15, 0.2) is 6.61 Å². The molecule has 1 N–H and O–H groups in total. The molecule has 0 aliphatic carbocycles. The highest BCUT2D eigenvalue weighted by Gasteiger charge is 2.35. The first-order chi connectivity index (χ1) is 13.8. The summed E-state index contributed by atoms with van der Waals surface area (Å²) >= 11 is 0. The van der Waals surface area contributed by atoms with E-state index >= 15 is 0 Å². The lowest BCUT2D eigenvalue weighted by Crippen LogP contribution is -2.28. The van der Waals surface area contributed by atoms with Crippen LogP contribution in [-0.2, 0) is 25.7 Å². The van der Waals surface area contributed by atoms with Gasteiger partial charge in [-0.15, -0.1) is 0 Å². The Morgan fingerprint density at radius 3 is 2.34 bits per heavy atom. The van der Waals surface area contributed by atoms with Crippen LogP contribution in [0.5, 0.6) is 0 Å². The van der Waals surface area contributed by atoms with Crippen molar-refractivity contribution in [3.8, 4) is 0 Å². The predicted molar refractivity (Wildman–Crippen MR) is 110 cm³/mol. The lowest BCUT2D eigenvalue weighted by atomic mass is 10.1. The summed E-state index contributed by atoms with van der Waals surface area (Å²) in [6, 6.07) is 13.7. The molecule has 3 rings (SSSR count). The van der Waals surface area contributed by atoms with Gasteiger partial charge in [-0.05, 0) is 49.6 Å². The fourth-order valence-electron chi connectivity index (χ4n) is 3.50. The molecule has 2 aromatic carbocycles. The fourth-order valence-corrected chi connectivity index (χ4v) is 3.50. The van der Waals surface area contributed by atoms with Crippen LogP contribution in [0.25, 0.3) is 0 Å². The number of nitrogens with zero attached hydrogens (tertiary/aromatic N) is 1. The van der Waals surface area contributed by atoms with E-state index in [1.807, 2.05) is 63.2 Å². The number of aryl methyl sites for hydroxylation is 3. The first-order valence-corrected chi connectivity index (χ1v) is 9.68. The zero-order valence-electron chi connectivity index (χ0n) is 17.0. The number of rotatable bonds is 6. The third kappa shape index (κ3) is 5.67. The van der Waals surface area contributed by atoms with Crippen molar-refractivity contribution in [2.75, 3.05) is 18.5 Å². The van der Waals surface area contributed by atoms with E-state index in [1.165, 1.54) is 0 Å². The number of hydrogen-bond donors (Lipinski definition) is 1. The van der Waals surface area contributed by atoms with Gasteiger partial charge >= 0.3 is 5.97 Å². The number of anilines is 1. The Morgan fingerprint density at radius 2 is 1.69 bits per heavy atom. The number of nitrogens with one attached hydrogen (secondary N) is 1. The summed E-state index contributed by atoms with van der Waals surface area (Å²) < 4.78 is 5.15. The molecule has 0 unspecified atom stereocenters. The highest BCUT2D eigenvalue weighted by atomic mass is 16.5. The number of benzene rings is 2. The molecule has 1 aliphatic heterocycles. The van der Waals surface area contributed by atoms with Crippen LogP contribution >= 0.6 is 0 Å². The van der Waals surface area contributed by atoms with Crippen LogP contribution in [0, 0.1) is 26.7 Å². The molecular weight excluding hydrogens is 368 g/mol. The van der Waals surface area contributed by atoms with Crippen LogP contribution < -0.4 is 5.32 Å². The lowest BCUT2D eigenvalue weighted by Gasteiger charge is -2.16. The second-order valence-electron chi connectivity index (χ2n) is 7.69. The van der Waals surface area contributed by atoms with E-state index in [2.05, 4.69) is 5.32 Å². The van der Waals surface area contributed by atoms with Crippen molar-refractivity contribution >= 4 is 23.5 Å². The SMILES string of the molecule is Cc1ccc(CN2C[C@H](C(=O)OCC(=O)Nc3cc(C)cc(C)c3)CC2=O)cc1. The maximum atomic E-state index is 12.3. The maximum Gasteiger partial charge on any atom is 0.311 e. The third-order valence-corrected chi connectivity index (χ3v) is 4.89. The van der Waals surface area contributed by atoms with Crippen LogP contribution in [0.4, 0.5) is 5.69 Å². The van der Waals surface area contributed by atoms with Gasteiger partial charge in [0.05, 0.1) is 5.92 Å². The van der Waals surface area contributed by atoms with Gasteiger partial charge in [-0.1, -0.05) is 35.9 Å². The summed E-state index contributed by atoms with van der Waals surface area (Å²) in [5, 5.41) is 2.73. The minimum atomic E-state index is -0.540. The van der Waals surface area contributed by atoms with Gasteiger partial charge in [0, 0.05) is 25.2 Å². The van der Waals surface area contributed by atoms with Crippen LogP contribution in [0.1, 0.15) is 28.7 Å². The van der Waals surface area contributed by atoms with Gasteiger partial charge in [-0.25, -0.2) is 0 Å². The molecule has 1 aliphatic rings. The van der Waals surface area contributed by atoms with E-state index in [1.54, 1.807) is 4.90 Å². The highest BCUT2D eigenvalue weighted by molar-refractivity contribution is 5.93. The summed E-state index contributed by atoms with van der Waals surface area (Å²) in [4.78, 5) is 38.3. The summed E-state index contributed by atoms with van der Waals surface area (Å²) in [5.41, 5.74) is 4.92. The first kappa shape index (κ1) is 20.6. The van der Waals surface area contributed by atoms with E-state index in [9.17, 15) is 14.4 Å². The number of carbonyl (C=O) groups is 3. The van der Waals surface area contributed by atoms with Crippen molar-refractivity contribution in [3.05, 3.63) is 64.7 Å². The average Bonchev–Trinajstić information content (AvgIpc) is 3.01. The lowest BCUT2D eigenvalue weighted by molar-refractivity contribution is -0.151. The van der Waals surface area contributed by atoms with Gasteiger partial charge in [0.1, 0.15) is 0 Å². The van der Waals surface area contributed by atoms with Gasteiger partial charge < -0.3 is 15.0 Å². The molecule has 1 fully saturated rings. The number of esters is 1. The Labute approximate surface area is 170 Å². The standard InChI is InChI=1S/C23H26N2O4/c1-15-4-6-18(7-5-15)12-25-13-19(11-22(25)27)23(28)29-14-21(26)24-20-9-16(2)8-17(3)10-20/h4-10,19H,11-14H2,1-3H3,(H,24,26)/t19-/m1/s1. The smallest absolute Gasteiger partial charge is 0.311 e. The number of carbonyl (C=O) groups excluding carboxylic acids is 3. The van der Waals surface area contributed by atoms with E-state index in [-0.39, 0.29) is 18.9 Å². The fraction of sp³-hybridized carbons (Fsp3) is 0.348. The second-order valence-corrected chi connectivity index (χ2v) is 7.69. The zero-order chi connectivity index (χ0) is 21.0. The molecule has 2 aromatic rings. The summed E-state index contributed by atoms with van der Waals surface area (Å²) in [5.74, 6) is -1.53. The van der Waals surface area contributed by atoms with Crippen LogP contribution in [-0.4, -0.2) is 35.8 Å². The molecule has 0 spiro atoms. The molecule has 152 valence electrons. The monoisotopic (exact) mass is 394 g/mol. The molecule has 0 bridgehead atoms. The van der Waals surface area contributed by atoms with Gasteiger partial charge in [0.25, 0.3) is 5.91 Å². The Balaban J connectivity index is 1.48. The molecule has 0 aromatic heterocycles. The summed E-state index contributed by atoms with van der Waals surface area (Å²) in [7, 11) is 0. The Kier molecular flexibility index (Phi) is 6.32. The van der Waals surface area contributed by atoms with Gasteiger partial charge in [0.2, 0.25) is 5.91 Å². The molecule has 29 heavy (non-hydrogen) atoms. The van der Waals surface area contributed by atoms with Crippen molar-refractivity contribution < 1.29 is 19.1 Å². The van der Waals surface area contributed by atoms with Crippen molar-refractivity contribution in [1.29, 1.82) is 0 Å². The molecule has 1 heterocycles. The molecule has 1 saturated heterocycles. The van der Waals surface area contributed by atoms with E-state index in [0.717, 1.165) is 22.3 Å². The summed E-state index contributed by atoms with van der Waals surface area (Å²) in [6.45, 7) is 6.31. The van der Waals surface area contributed by atoms with Gasteiger partial charge in [-0.3, -0.25) is 14.4 Å². The van der Waals surface area contributed by atoms with E-state index in [4.69, 9.17) is 4.74 Å². The van der Waals surface area contributed by atoms with Crippen LogP contribution in [0.2, 0.25) is 0 Å². The molecule has 2 amide bonds. The first-order valence-electron chi connectivity index (χ1n) is 9.68. The molecule has 6 nitrogen and oxygen atoms in total. The molecular formula is C23H26N2O4. The molecule has 6 heteroatoms. The van der Waals surface area contributed by atoms with E-state index in [0.29, 0.717) is 18.8 Å². The average molecular weight is 394 g/mol. The Hall–Kier alpha value is -3.15. The number of hydrogen-bond acceptors (Lipinski definition) is 4. The Bertz CT molecular complexity index is 901. The van der Waals surface area contributed by atoms with Crippen molar-refractivity contribution in [2.24, 2.45) is 5.92 Å². The minimum Gasteiger partial charge on any atom is -0.455 e. The third-order valence-electron chi connectivity index (χ3n) is 4.89.